The van der Waals surface area contributed by atoms with Gasteiger partial charge in [-0.15, -0.1) is 0 Å². The third-order valence-electron chi connectivity index (χ3n) is 6.88. The predicted molar refractivity (Wildman–Crippen MR) is 147 cm³/mol. The monoisotopic (exact) mass is 548 g/mol. The number of nitrogens with zero attached hydrogens (tertiary/aromatic N) is 4. The Morgan fingerprint density at radius 2 is 1.23 bits per heavy atom. The topological polar surface area (TPSA) is 160 Å². The summed E-state index contributed by atoms with van der Waals surface area (Å²) in [6.07, 6.45) is 0.904. The molecule has 1 amide bonds. The van der Waals surface area contributed by atoms with Crippen molar-refractivity contribution in [3.63, 3.8) is 0 Å². The molecule has 0 aromatic heterocycles. The minimum absolute atomic E-state index is 0.0329. The number of Topliss-reactive ketones (excluding diaryl/α,β-unsaturated/α-hetero) is 1. The number of carboxylic acid groups (broad SMARTS) is 2. The number of aliphatic carboxylic acids is 2. The van der Waals surface area contributed by atoms with Crippen LogP contribution < -0.4 is 11.1 Å². The van der Waals surface area contributed by atoms with E-state index in [1.165, 1.54) is 0 Å². The second-order valence-corrected chi connectivity index (χ2v) is 10.1. The molecule has 0 bridgehead atoms. The van der Waals surface area contributed by atoms with Gasteiger partial charge in [0.2, 0.25) is 5.91 Å². The quantitative estimate of drug-likeness (QED) is 0.258. The van der Waals surface area contributed by atoms with E-state index in [1.807, 2.05) is 41.1 Å². The molecule has 12 heteroatoms. The smallest absolute Gasteiger partial charge is 0.317 e. The molecule has 218 valence electrons. The Balaban J connectivity index is 1.92. The first-order valence-corrected chi connectivity index (χ1v) is 13.5. The maximum atomic E-state index is 12.8. The number of carboxylic acids is 2. The molecule has 0 unspecified atom stereocenters. The predicted octanol–water partition coefficient (Wildman–Crippen LogP) is -0.828. The lowest BCUT2D eigenvalue weighted by Crippen LogP contribution is -2.48. The number of nitrogens with one attached hydrogen (secondary N) is 1. The van der Waals surface area contributed by atoms with E-state index in [4.69, 9.17) is 5.73 Å². The van der Waals surface area contributed by atoms with Crippen LogP contribution in [-0.4, -0.2) is 139 Å². The molecule has 1 fully saturated rings. The molecule has 1 aliphatic rings. The van der Waals surface area contributed by atoms with Gasteiger partial charge in [-0.25, -0.2) is 0 Å². The van der Waals surface area contributed by atoms with Crippen LogP contribution in [0, 0.1) is 0 Å². The van der Waals surface area contributed by atoms with Gasteiger partial charge in [-0.1, -0.05) is 31.2 Å². The van der Waals surface area contributed by atoms with Crippen LogP contribution in [0.5, 0.6) is 0 Å². The van der Waals surface area contributed by atoms with E-state index in [0.717, 1.165) is 11.1 Å². The first-order valence-electron chi connectivity index (χ1n) is 13.5. The summed E-state index contributed by atoms with van der Waals surface area (Å²) in [4.78, 5) is 54.9. The number of hydrogen-bond donors (Lipinski definition) is 4. The molecular weight excluding hydrogens is 504 g/mol. The lowest BCUT2D eigenvalue weighted by atomic mass is 10.0. The molecular formula is C27H44N6O6. The minimum Gasteiger partial charge on any atom is -0.480 e. The second kappa shape index (κ2) is 16.9. The van der Waals surface area contributed by atoms with Gasteiger partial charge >= 0.3 is 11.9 Å². The van der Waals surface area contributed by atoms with Gasteiger partial charge in [0, 0.05) is 65.3 Å². The second-order valence-electron chi connectivity index (χ2n) is 10.1. The van der Waals surface area contributed by atoms with Gasteiger partial charge in [0.25, 0.3) is 0 Å². The average molecular weight is 549 g/mol. The Hall–Kier alpha value is -2.90. The molecule has 0 aliphatic carbocycles. The molecule has 2 rings (SSSR count). The van der Waals surface area contributed by atoms with Gasteiger partial charge in [0.15, 0.2) is 0 Å². The maximum Gasteiger partial charge on any atom is 0.317 e. The van der Waals surface area contributed by atoms with Crippen LogP contribution in [0.3, 0.4) is 0 Å². The zero-order valence-electron chi connectivity index (χ0n) is 23.2. The van der Waals surface area contributed by atoms with Crippen LogP contribution in [-0.2, 0) is 32.1 Å². The molecule has 39 heavy (non-hydrogen) atoms. The molecule has 1 aromatic carbocycles. The molecule has 1 saturated heterocycles. The number of ketones is 1. The molecule has 0 radical (unpaired) electrons. The number of benzene rings is 1. The number of carbonyl (C=O) groups is 4. The third-order valence-corrected chi connectivity index (χ3v) is 6.88. The molecule has 1 heterocycles. The van der Waals surface area contributed by atoms with Crippen LogP contribution in [0.15, 0.2) is 24.3 Å². The fraction of sp³-hybridized carbons (Fsp3) is 0.630. The Morgan fingerprint density at radius 1 is 0.795 bits per heavy atom. The number of hydrogen-bond acceptors (Lipinski definition) is 9. The largest absolute Gasteiger partial charge is 0.480 e. The Bertz CT molecular complexity index is 943. The lowest BCUT2D eigenvalue weighted by molar-refractivity contribution is -0.140. The molecule has 1 aromatic rings. The molecule has 5 N–H and O–H groups in total. The van der Waals surface area contributed by atoms with Crippen molar-refractivity contribution in [1.29, 1.82) is 0 Å². The van der Waals surface area contributed by atoms with Crippen LogP contribution in [0.25, 0.3) is 0 Å². The summed E-state index contributed by atoms with van der Waals surface area (Å²) in [7, 11) is 1.97. The van der Waals surface area contributed by atoms with Crippen LogP contribution >= 0.6 is 0 Å². The van der Waals surface area contributed by atoms with Crippen LogP contribution in [0.1, 0.15) is 24.5 Å². The maximum absolute atomic E-state index is 12.8. The number of rotatable bonds is 12. The summed E-state index contributed by atoms with van der Waals surface area (Å²) < 4.78 is 0. The van der Waals surface area contributed by atoms with Gasteiger partial charge in [-0.05, 0) is 24.6 Å². The first kappa shape index (κ1) is 32.3. The van der Waals surface area contributed by atoms with Crippen LogP contribution in [0.4, 0.5) is 0 Å². The van der Waals surface area contributed by atoms with Crippen LogP contribution in [0.2, 0.25) is 0 Å². The summed E-state index contributed by atoms with van der Waals surface area (Å²) >= 11 is 0. The van der Waals surface area contributed by atoms with Gasteiger partial charge in [-0.3, -0.25) is 33.9 Å². The van der Waals surface area contributed by atoms with E-state index < -0.39 is 18.0 Å². The first-order chi connectivity index (χ1) is 18.5. The fourth-order valence-corrected chi connectivity index (χ4v) is 4.38. The highest BCUT2D eigenvalue weighted by Crippen LogP contribution is 2.08. The van der Waals surface area contributed by atoms with Crippen molar-refractivity contribution in [3.8, 4) is 0 Å². The zero-order valence-corrected chi connectivity index (χ0v) is 23.2. The molecule has 12 nitrogen and oxygen atoms in total. The van der Waals surface area contributed by atoms with Crippen molar-refractivity contribution < 1.29 is 29.4 Å². The van der Waals surface area contributed by atoms with E-state index in [-0.39, 0.29) is 31.3 Å². The standard InChI is InChI=1S/C27H44N6O6/c1-3-24(34)23(28)16-21-4-6-22(7-5-21)17-29-25(35)18-31-10-8-30(2)9-11-32(19-26(36)37)14-15-33(13-12-31)20-27(38)39/h4-7,23H,3,8-20,28H2,1-2H3,(H,29,35)(H,36,37)(H,38,39)/t23-/m1/s1. The van der Waals surface area contributed by atoms with Crippen molar-refractivity contribution >= 4 is 23.6 Å². The molecule has 1 atom stereocenters. The normalized spacial score (nSPS) is 18.0. The summed E-state index contributed by atoms with van der Waals surface area (Å²) in [6.45, 7) is 6.51. The third kappa shape index (κ3) is 13.1. The van der Waals surface area contributed by atoms with E-state index in [2.05, 4.69) is 10.2 Å². The summed E-state index contributed by atoms with van der Waals surface area (Å²) in [5.41, 5.74) is 7.85. The van der Waals surface area contributed by atoms with E-state index in [1.54, 1.807) is 11.8 Å². The molecule has 0 saturated carbocycles. The lowest BCUT2D eigenvalue weighted by Gasteiger charge is -2.32. The Morgan fingerprint density at radius 3 is 1.69 bits per heavy atom. The summed E-state index contributed by atoms with van der Waals surface area (Å²) in [6, 6.07) is 7.17. The molecule has 0 spiro atoms. The fourth-order valence-electron chi connectivity index (χ4n) is 4.38. The number of amides is 1. The zero-order chi connectivity index (χ0) is 28.8. The van der Waals surface area contributed by atoms with Gasteiger partial charge in [0.1, 0.15) is 5.78 Å². The van der Waals surface area contributed by atoms with Gasteiger partial charge in [0.05, 0.1) is 25.7 Å². The van der Waals surface area contributed by atoms with Gasteiger partial charge in [-0.2, -0.15) is 0 Å². The number of likely N-dealkylation sites (N-methyl/N-ethyl adjacent to an activating group) is 1. The van der Waals surface area contributed by atoms with Crippen molar-refractivity contribution in [2.24, 2.45) is 5.73 Å². The van der Waals surface area contributed by atoms with Crippen molar-refractivity contribution in [2.45, 2.75) is 32.4 Å². The van der Waals surface area contributed by atoms with Gasteiger partial charge < -0.3 is 26.2 Å². The Kier molecular flexibility index (Phi) is 14.0. The number of carbonyl (C=O) groups excluding carboxylic acids is 2. The van der Waals surface area contributed by atoms with Crippen molar-refractivity contribution in [3.05, 3.63) is 35.4 Å². The Labute approximate surface area is 230 Å². The van der Waals surface area contributed by atoms with Crippen molar-refractivity contribution in [2.75, 3.05) is 79.0 Å². The summed E-state index contributed by atoms with van der Waals surface area (Å²) in [5.74, 6) is -1.94. The minimum atomic E-state index is -0.944. The van der Waals surface area contributed by atoms with E-state index >= 15 is 0 Å². The van der Waals surface area contributed by atoms with Crippen molar-refractivity contribution in [1.82, 2.24) is 24.9 Å². The highest BCUT2D eigenvalue weighted by molar-refractivity contribution is 5.83. The molecule has 1 aliphatic heterocycles. The SMILES string of the molecule is CCC(=O)[C@H](N)Cc1ccc(CNC(=O)CN2CCN(C)CCN(CC(=O)O)CCN(CC(=O)O)CC2)cc1. The highest BCUT2D eigenvalue weighted by atomic mass is 16.4. The van der Waals surface area contributed by atoms with E-state index in [9.17, 15) is 29.4 Å². The summed E-state index contributed by atoms with van der Waals surface area (Å²) in [5, 5.41) is 21.5. The number of nitrogens with two attached hydrogens (primary N) is 1. The highest BCUT2D eigenvalue weighted by Gasteiger charge is 2.19. The van der Waals surface area contributed by atoms with E-state index in [0.29, 0.717) is 71.7 Å². The average Bonchev–Trinajstić information content (AvgIpc) is 2.89.